The maximum Gasteiger partial charge on any atom is 0.184 e. The molecule has 1 rings (SSSR count). The van der Waals surface area contributed by atoms with E-state index in [0.29, 0.717) is 6.10 Å². The summed E-state index contributed by atoms with van der Waals surface area (Å²) in [5, 5.41) is 0. The van der Waals surface area contributed by atoms with Crippen LogP contribution in [0.3, 0.4) is 0 Å². The molecule has 0 aromatic carbocycles. The van der Waals surface area contributed by atoms with E-state index in [1.807, 2.05) is 0 Å². The summed E-state index contributed by atoms with van der Waals surface area (Å²) in [6.45, 7) is 6.78. The summed E-state index contributed by atoms with van der Waals surface area (Å²) < 4.78 is 5.96. The monoisotopic (exact) mass is 171 g/mol. The molecule has 1 unspecified atom stereocenters. The highest BCUT2D eigenvalue weighted by molar-refractivity contribution is 6.69. The lowest BCUT2D eigenvalue weighted by Crippen LogP contribution is -2.33. The van der Waals surface area contributed by atoms with E-state index in [9.17, 15) is 0 Å². The Labute approximate surface area is 71.3 Å². The first-order valence-electron chi connectivity index (χ1n) is 4.59. The van der Waals surface area contributed by atoms with Crippen molar-refractivity contribution < 1.29 is 4.43 Å². The van der Waals surface area contributed by atoms with Crippen molar-refractivity contribution in [3.05, 3.63) is 6.42 Å². The van der Waals surface area contributed by atoms with Gasteiger partial charge in [-0.3, -0.25) is 0 Å². The van der Waals surface area contributed by atoms with Gasteiger partial charge in [0, 0.05) is 6.10 Å². The number of hydrogen-bond donors (Lipinski definition) is 0. The summed E-state index contributed by atoms with van der Waals surface area (Å²) in [6.07, 6.45) is 8.06. The number of hydrogen-bond acceptors (Lipinski definition) is 1. The highest BCUT2D eigenvalue weighted by Gasteiger charge is 2.22. The van der Waals surface area contributed by atoms with E-state index in [0.717, 1.165) is 0 Å². The Morgan fingerprint density at radius 1 is 1.27 bits per heavy atom. The second kappa shape index (κ2) is 3.72. The van der Waals surface area contributed by atoms with Crippen LogP contribution >= 0.6 is 0 Å². The molecule has 1 saturated carbocycles. The molecule has 1 nitrogen and oxygen atoms in total. The molecule has 1 atom stereocenters. The third-order valence-electron chi connectivity index (χ3n) is 1.88. The van der Waals surface area contributed by atoms with Crippen LogP contribution in [0.25, 0.3) is 0 Å². The fraction of sp³-hybridized carbons (Fsp3) is 0.889. The van der Waals surface area contributed by atoms with Crippen molar-refractivity contribution in [2.24, 2.45) is 0 Å². The van der Waals surface area contributed by atoms with Gasteiger partial charge in [0.25, 0.3) is 0 Å². The van der Waals surface area contributed by atoms with Crippen molar-refractivity contribution >= 4 is 8.32 Å². The van der Waals surface area contributed by atoms with Crippen LogP contribution in [0, 0.1) is 6.42 Å². The van der Waals surface area contributed by atoms with Gasteiger partial charge < -0.3 is 4.43 Å². The van der Waals surface area contributed by atoms with Crippen LogP contribution < -0.4 is 0 Å². The van der Waals surface area contributed by atoms with Crippen molar-refractivity contribution in [1.29, 1.82) is 0 Å². The van der Waals surface area contributed by atoms with Gasteiger partial charge in [-0.1, -0.05) is 12.8 Å². The minimum Gasteiger partial charge on any atom is -0.414 e. The normalized spacial score (nSPS) is 22.1. The van der Waals surface area contributed by atoms with Gasteiger partial charge in [0.15, 0.2) is 8.32 Å². The van der Waals surface area contributed by atoms with E-state index in [4.69, 9.17) is 4.43 Å². The molecule has 0 bridgehead atoms. The standard InChI is InChI=1S/C9H19OSi/c1-11(2,3)10-9-7-5-4-6-8-9/h7,9H,4-6,8H2,1-3H3. The minimum absolute atomic E-state index is 0.482. The lowest BCUT2D eigenvalue weighted by atomic mass is 9.98. The third-order valence-corrected chi connectivity index (χ3v) is 2.89. The Morgan fingerprint density at radius 3 is 2.45 bits per heavy atom. The fourth-order valence-corrected chi connectivity index (χ4v) is 2.59. The maximum absolute atomic E-state index is 5.96. The quantitative estimate of drug-likeness (QED) is 0.580. The predicted molar refractivity (Wildman–Crippen MR) is 51.0 cm³/mol. The van der Waals surface area contributed by atoms with E-state index in [2.05, 4.69) is 26.1 Å². The Morgan fingerprint density at radius 2 is 2.00 bits per heavy atom. The molecule has 65 valence electrons. The van der Waals surface area contributed by atoms with Crippen LogP contribution in [0.1, 0.15) is 25.7 Å². The van der Waals surface area contributed by atoms with Gasteiger partial charge in [0.2, 0.25) is 0 Å². The summed E-state index contributed by atoms with van der Waals surface area (Å²) in [4.78, 5) is 0. The lowest BCUT2D eigenvalue weighted by molar-refractivity contribution is 0.192. The molecule has 1 aliphatic rings. The average Bonchev–Trinajstić information content (AvgIpc) is 1.85. The Bertz CT molecular complexity index is 111. The molecule has 0 aromatic rings. The summed E-state index contributed by atoms with van der Waals surface area (Å²) >= 11 is 0. The molecule has 0 saturated heterocycles. The first-order chi connectivity index (χ1) is 5.08. The molecule has 1 radical (unpaired) electrons. The molecule has 0 spiro atoms. The zero-order chi connectivity index (χ0) is 8.32. The second-order valence-corrected chi connectivity index (χ2v) is 8.75. The topological polar surface area (TPSA) is 9.23 Å². The smallest absolute Gasteiger partial charge is 0.184 e. The van der Waals surface area contributed by atoms with E-state index >= 15 is 0 Å². The van der Waals surface area contributed by atoms with Crippen LogP contribution in [-0.4, -0.2) is 14.4 Å². The van der Waals surface area contributed by atoms with Crippen LogP contribution in [-0.2, 0) is 4.43 Å². The summed E-state index contributed by atoms with van der Waals surface area (Å²) in [5.41, 5.74) is 0. The predicted octanol–water partition coefficient (Wildman–Crippen LogP) is 2.98. The van der Waals surface area contributed by atoms with Gasteiger partial charge >= 0.3 is 0 Å². The van der Waals surface area contributed by atoms with Crippen molar-refractivity contribution in [2.75, 3.05) is 0 Å². The van der Waals surface area contributed by atoms with Gasteiger partial charge in [-0.05, 0) is 38.9 Å². The second-order valence-electron chi connectivity index (χ2n) is 4.29. The van der Waals surface area contributed by atoms with Crippen LogP contribution in [0.15, 0.2) is 0 Å². The van der Waals surface area contributed by atoms with Crippen molar-refractivity contribution in [3.8, 4) is 0 Å². The number of rotatable bonds is 2. The molecule has 2 heteroatoms. The zero-order valence-electron chi connectivity index (χ0n) is 7.89. The van der Waals surface area contributed by atoms with E-state index in [-0.39, 0.29) is 0 Å². The highest BCUT2D eigenvalue weighted by atomic mass is 28.4. The molecule has 0 aliphatic heterocycles. The molecule has 11 heavy (non-hydrogen) atoms. The fourth-order valence-electron chi connectivity index (χ4n) is 1.47. The molecule has 0 amide bonds. The Kier molecular flexibility index (Phi) is 3.13. The van der Waals surface area contributed by atoms with Gasteiger partial charge in [-0.25, -0.2) is 0 Å². The Hall–Kier alpha value is 0.177. The summed E-state index contributed by atoms with van der Waals surface area (Å²) in [7, 11) is -1.28. The van der Waals surface area contributed by atoms with Crippen molar-refractivity contribution in [1.82, 2.24) is 0 Å². The molecular weight excluding hydrogens is 152 g/mol. The van der Waals surface area contributed by atoms with Gasteiger partial charge in [0.05, 0.1) is 0 Å². The van der Waals surface area contributed by atoms with Crippen molar-refractivity contribution in [3.63, 3.8) is 0 Å². The average molecular weight is 171 g/mol. The SMILES string of the molecule is C[Si](C)(C)OC1[CH]CCCC1. The van der Waals surface area contributed by atoms with Gasteiger partial charge in [-0.2, -0.15) is 0 Å². The maximum atomic E-state index is 5.96. The zero-order valence-corrected chi connectivity index (χ0v) is 8.89. The van der Waals surface area contributed by atoms with Crippen LogP contribution in [0.4, 0.5) is 0 Å². The van der Waals surface area contributed by atoms with E-state index < -0.39 is 8.32 Å². The summed E-state index contributed by atoms with van der Waals surface area (Å²) in [6, 6.07) is 0. The van der Waals surface area contributed by atoms with E-state index in [1.54, 1.807) is 0 Å². The third kappa shape index (κ3) is 3.92. The van der Waals surface area contributed by atoms with Gasteiger partial charge in [-0.15, -0.1) is 0 Å². The molecule has 0 aromatic heterocycles. The van der Waals surface area contributed by atoms with Crippen LogP contribution in [0.2, 0.25) is 19.6 Å². The summed E-state index contributed by atoms with van der Waals surface area (Å²) in [5.74, 6) is 0. The highest BCUT2D eigenvalue weighted by Crippen LogP contribution is 2.22. The lowest BCUT2D eigenvalue weighted by Gasteiger charge is -2.28. The van der Waals surface area contributed by atoms with Crippen molar-refractivity contribution in [2.45, 2.75) is 51.4 Å². The first-order valence-corrected chi connectivity index (χ1v) is 8.00. The Balaban J connectivity index is 2.24. The molecule has 1 fully saturated rings. The molecule has 0 N–H and O–H groups in total. The largest absolute Gasteiger partial charge is 0.414 e. The molecule has 0 heterocycles. The minimum atomic E-state index is -1.28. The first kappa shape index (κ1) is 9.27. The van der Waals surface area contributed by atoms with E-state index in [1.165, 1.54) is 25.7 Å². The molecular formula is C9H19OSi. The van der Waals surface area contributed by atoms with Gasteiger partial charge in [0.1, 0.15) is 0 Å². The molecule has 1 aliphatic carbocycles. The van der Waals surface area contributed by atoms with Crippen LogP contribution in [0.5, 0.6) is 0 Å².